The van der Waals surface area contributed by atoms with E-state index in [0.29, 0.717) is 22.7 Å². The van der Waals surface area contributed by atoms with Crippen LogP contribution in [0.1, 0.15) is 21.5 Å². The van der Waals surface area contributed by atoms with Crippen molar-refractivity contribution in [2.24, 2.45) is 0 Å². The Morgan fingerprint density at radius 3 is 2.62 bits per heavy atom. The minimum absolute atomic E-state index is 0.124. The Hall–Kier alpha value is -3.80. The summed E-state index contributed by atoms with van der Waals surface area (Å²) >= 11 is 0. The average Bonchev–Trinajstić information content (AvgIpc) is 3.35. The van der Waals surface area contributed by atoms with Crippen LogP contribution in [-0.2, 0) is 11.2 Å². The van der Waals surface area contributed by atoms with Gasteiger partial charge in [-0.05, 0) is 59.0 Å². The molecule has 1 aliphatic carbocycles. The van der Waals surface area contributed by atoms with Crippen LogP contribution in [0.4, 0.5) is 5.69 Å². The third kappa shape index (κ3) is 3.29. The third-order valence-corrected chi connectivity index (χ3v) is 5.13. The van der Waals surface area contributed by atoms with Gasteiger partial charge in [-0.1, -0.05) is 30.3 Å². The maximum absolute atomic E-state index is 12.3. The normalized spacial score (nSPS) is 12.8. The number of rotatable bonds is 4. The van der Waals surface area contributed by atoms with Gasteiger partial charge in [-0.2, -0.15) is 0 Å². The van der Waals surface area contributed by atoms with Crippen LogP contribution in [0.5, 0.6) is 11.5 Å². The van der Waals surface area contributed by atoms with E-state index in [1.807, 2.05) is 30.3 Å². The fraction of sp³-hybridized carbons (Fsp3) is 0.130. The van der Waals surface area contributed by atoms with E-state index in [1.54, 1.807) is 18.2 Å². The molecule has 0 saturated heterocycles. The number of nitrogens with one attached hydrogen (secondary N) is 2. The fourth-order valence-corrected chi connectivity index (χ4v) is 3.71. The highest BCUT2D eigenvalue weighted by Crippen LogP contribution is 2.37. The van der Waals surface area contributed by atoms with Crippen molar-refractivity contribution in [3.63, 3.8) is 0 Å². The zero-order chi connectivity index (χ0) is 19.8. The third-order valence-electron chi connectivity index (χ3n) is 5.13. The molecule has 2 amide bonds. The van der Waals surface area contributed by atoms with Crippen LogP contribution in [0, 0.1) is 0 Å². The minimum Gasteiger partial charge on any atom is -0.454 e. The molecule has 1 heterocycles. The Bertz CT molecular complexity index is 1140. The topological polar surface area (TPSA) is 76.7 Å². The molecule has 29 heavy (non-hydrogen) atoms. The Kier molecular flexibility index (Phi) is 4.17. The molecule has 0 bridgehead atoms. The number of ether oxygens (including phenoxy) is 2. The SMILES string of the molecule is O=C(CNC(=O)c1ccc2c(c1)OCO2)Nc1ccc2c(c1)-c1ccccc1C2. The van der Waals surface area contributed by atoms with E-state index in [9.17, 15) is 9.59 Å². The van der Waals surface area contributed by atoms with Crippen molar-refractivity contribution in [1.29, 1.82) is 0 Å². The fourth-order valence-electron chi connectivity index (χ4n) is 3.71. The van der Waals surface area contributed by atoms with E-state index in [1.165, 1.54) is 16.7 Å². The number of anilines is 1. The molecule has 0 radical (unpaired) electrons. The zero-order valence-electron chi connectivity index (χ0n) is 15.5. The summed E-state index contributed by atoms with van der Waals surface area (Å²) < 4.78 is 10.5. The lowest BCUT2D eigenvalue weighted by Crippen LogP contribution is -2.32. The molecule has 0 unspecified atom stereocenters. The van der Waals surface area contributed by atoms with Crippen molar-refractivity contribution in [3.8, 4) is 22.6 Å². The van der Waals surface area contributed by atoms with Gasteiger partial charge in [0.05, 0.1) is 6.54 Å². The number of amides is 2. The van der Waals surface area contributed by atoms with Gasteiger partial charge in [-0.15, -0.1) is 0 Å². The molecular formula is C23H18N2O4. The van der Waals surface area contributed by atoms with E-state index in [-0.39, 0.29) is 25.2 Å². The Balaban J connectivity index is 1.22. The summed E-state index contributed by atoms with van der Waals surface area (Å²) in [6.45, 7) is 0.0228. The highest BCUT2D eigenvalue weighted by Gasteiger charge is 2.19. The molecule has 0 spiro atoms. The van der Waals surface area contributed by atoms with Crippen LogP contribution >= 0.6 is 0 Å². The first-order valence-electron chi connectivity index (χ1n) is 9.36. The van der Waals surface area contributed by atoms with Crippen LogP contribution in [0.2, 0.25) is 0 Å². The number of fused-ring (bicyclic) bond motifs is 4. The zero-order valence-corrected chi connectivity index (χ0v) is 15.5. The summed E-state index contributed by atoms with van der Waals surface area (Å²) in [5, 5.41) is 5.48. The van der Waals surface area contributed by atoms with Gasteiger partial charge in [0.15, 0.2) is 11.5 Å². The van der Waals surface area contributed by atoms with E-state index in [4.69, 9.17) is 9.47 Å². The van der Waals surface area contributed by atoms with Crippen LogP contribution in [0.3, 0.4) is 0 Å². The molecule has 0 atom stereocenters. The maximum Gasteiger partial charge on any atom is 0.251 e. The standard InChI is InChI=1S/C23H18N2O4/c26-22(12-24-23(27)16-6-8-20-21(10-16)29-13-28-20)25-17-7-5-15-9-14-3-1-2-4-18(14)19(15)11-17/h1-8,10-11H,9,12-13H2,(H,24,27)(H,25,26). The summed E-state index contributed by atoms with van der Waals surface area (Å²) in [4.78, 5) is 24.6. The van der Waals surface area contributed by atoms with Gasteiger partial charge in [0.1, 0.15) is 0 Å². The average molecular weight is 386 g/mol. The first-order chi connectivity index (χ1) is 14.2. The summed E-state index contributed by atoms with van der Waals surface area (Å²) in [6, 6.07) is 19.1. The van der Waals surface area contributed by atoms with Crippen molar-refractivity contribution >= 4 is 17.5 Å². The number of hydrogen-bond acceptors (Lipinski definition) is 4. The molecule has 5 rings (SSSR count). The molecule has 0 saturated carbocycles. The summed E-state index contributed by atoms with van der Waals surface area (Å²) in [5.74, 6) is 0.504. The predicted octanol–water partition coefficient (Wildman–Crippen LogP) is 3.36. The number of benzene rings is 3. The first kappa shape index (κ1) is 17.3. The van der Waals surface area contributed by atoms with Gasteiger partial charge in [-0.3, -0.25) is 9.59 Å². The van der Waals surface area contributed by atoms with Crippen molar-refractivity contribution in [2.75, 3.05) is 18.7 Å². The van der Waals surface area contributed by atoms with Crippen LogP contribution in [0.15, 0.2) is 60.7 Å². The van der Waals surface area contributed by atoms with E-state index >= 15 is 0 Å². The highest BCUT2D eigenvalue weighted by molar-refractivity contribution is 6.00. The Labute approximate surface area is 167 Å². The van der Waals surface area contributed by atoms with Crippen LogP contribution in [0.25, 0.3) is 11.1 Å². The molecule has 0 aromatic heterocycles. The second-order valence-corrected chi connectivity index (χ2v) is 7.00. The molecule has 6 heteroatoms. The second kappa shape index (κ2) is 6.98. The summed E-state index contributed by atoms with van der Waals surface area (Å²) in [7, 11) is 0. The summed E-state index contributed by atoms with van der Waals surface area (Å²) in [5.41, 5.74) is 6.01. The number of carbonyl (C=O) groups is 2. The van der Waals surface area contributed by atoms with Gasteiger partial charge >= 0.3 is 0 Å². The molecule has 3 aromatic rings. The van der Waals surface area contributed by atoms with Crippen LogP contribution in [-0.4, -0.2) is 25.2 Å². The minimum atomic E-state index is -0.346. The number of hydrogen-bond donors (Lipinski definition) is 2. The molecule has 2 N–H and O–H groups in total. The smallest absolute Gasteiger partial charge is 0.251 e. The quantitative estimate of drug-likeness (QED) is 0.564. The van der Waals surface area contributed by atoms with Gasteiger partial charge in [0, 0.05) is 11.3 Å². The van der Waals surface area contributed by atoms with Crippen molar-refractivity contribution in [1.82, 2.24) is 5.32 Å². The molecule has 3 aromatic carbocycles. The molecule has 144 valence electrons. The van der Waals surface area contributed by atoms with Crippen molar-refractivity contribution < 1.29 is 19.1 Å². The molecule has 1 aliphatic heterocycles. The molecule has 0 fully saturated rings. The number of carbonyl (C=O) groups excluding carboxylic acids is 2. The lowest BCUT2D eigenvalue weighted by atomic mass is 10.1. The monoisotopic (exact) mass is 386 g/mol. The van der Waals surface area contributed by atoms with E-state index in [2.05, 4.69) is 22.8 Å². The largest absolute Gasteiger partial charge is 0.454 e. The van der Waals surface area contributed by atoms with Gasteiger partial charge < -0.3 is 20.1 Å². The van der Waals surface area contributed by atoms with Gasteiger partial charge in [0.2, 0.25) is 12.7 Å². The predicted molar refractivity (Wildman–Crippen MR) is 108 cm³/mol. The van der Waals surface area contributed by atoms with Gasteiger partial charge in [-0.25, -0.2) is 0 Å². The second-order valence-electron chi connectivity index (χ2n) is 7.00. The Morgan fingerprint density at radius 1 is 0.862 bits per heavy atom. The molecule has 2 aliphatic rings. The highest BCUT2D eigenvalue weighted by atomic mass is 16.7. The Morgan fingerprint density at radius 2 is 1.69 bits per heavy atom. The van der Waals surface area contributed by atoms with E-state index < -0.39 is 0 Å². The molecule has 6 nitrogen and oxygen atoms in total. The maximum atomic E-state index is 12.3. The molecular weight excluding hydrogens is 368 g/mol. The van der Waals surface area contributed by atoms with Crippen molar-refractivity contribution in [2.45, 2.75) is 6.42 Å². The summed E-state index contributed by atoms with van der Waals surface area (Å²) in [6.07, 6.45) is 0.908. The van der Waals surface area contributed by atoms with Crippen molar-refractivity contribution in [3.05, 3.63) is 77.4 Å². The van der Waals surface area contributed by atoms with Crippen LogP contribution < -0.4 is 20.1 Å². The lowest BCUT2D eigenvalue weighted by Gasteiger charge is -2.09. The van der Waals surface area contributed by atoms with E-state index in [0.717, 1.165) is 12.0 Å². The van der Waals surface area contributed by atoms with Gasteiger partial charge in [0.25, 0.3) is 5.91 Å². The first-order valence-corrected chi connectivity index (χ1v) is 9.36. The lowest BCUT2D eigenvalue weighted by molar-refractivity contribution is -0.115.